The second-order valence-corrected chi connectivity index (χ2v) is 5.35. The molecule has 0 saturated carbocycles. The molecule has 0 heterocycles. The molecule has 3 N–H and O–H groups in total. The lowest BCUT2D eigenvalue weighted by molar-refractivity contribution is -0.124. The molecule has 0 fully saturated rings. The van der Waals surface area contributed by atoms with Gasteiger partial charge in [0.2, 0.25) is 5.91 Å². The third-order valence-corrected chi connectivity index (χ3v) is 3.53. The summed E-state index contributed by atoms with van der Waals surface area (Å²) in [7, 11) is 0. The summed E-state index contributed by atoms with van der Waals surface area (Å²) >= 11 is 0. The molecule has 1 aromatic rings. The predicted molar refractivity (Wildman–Crippen MR) is 68.4 cm³/mol. The fraction of sp³-hybridized carbons (Fsp3) is 0.500. The van der Waals surface area contributed by atoms with Crippen LogP contribution in [0, 0.1) is 11.7 Å². The summed E-state index contributed by atoms with van der Waals surface area (Å²) in [6, 6.07) is 4.56. The molecule has 1 aliphatic carbocycles. The Labute approximate surface area is 107 Å². The number of amides is 1. The second-order valence-electron chi connectivity index (χ2n) is 5.35. The van der Waals surface area contributed by atoms with Gasteiger partial charge in [0.15, 0.2) is 0 Å². The smallest absolute Gasteiger partial charge is 0.242 e. The Bertz CT molecular complexity index is 473. The number of primary amides is 1. The maximum Gasteiger partial charge on any atom is 0.242 e. The molecule has 1 unspecified atom stereocenters. The third-order valence-electron chi connectivity index (χ3n) is 3.53. The van der Waals surface area contributed by atoms with Crippen LogP contribution in [-0.4, -0.2) is 12.5 Å². The Balaban J connectivity index is 2.37. The van der Waals surface area contributed by atoms with Gasteiger partial charge in [-0.3, -0.25) is 10.1 Å². The van der Waals surface area contributed by atoms with Crippen LogP contribution in [-0.2, 0) is 16.8 Å². The SMILES string of the molecule is CC(C)CNC1(C(N)=O)CCc2cc(F)ccc21. The molecule has 0 bridgehead atoms. The lowest BCUT2D eigenvalue weighted by Crippen LogP contribution is -2.52. The van der Waals surface area contributed by atoms with E-state index >= 15 is 0 Å². The largest absolute Gasteiger partial charge is 0.368 e. The van der Waals surface area contributed by atoms with Crippen LogP contribution in [0.15, 0.2) is 18.2 Å². The fourth-order valence-electron chi connectivity index (χ4n) is 2.55. The van der Waals surface area contributed by atoms with Gasteiger partial charge in [0, 0.05) is 0 Å². The molecule has 0 saturated heterocycles. The highest BCUT2D eigenvalue weighted by atomic mass is 19.1. The molecule has 1 aromatic carbocycles. The number of hydrogen-bond donors (Lipinski definition) is 2. The molecule has 18 heavy (non-hydrogen) atoms. The third kappa shape index (κ3) is 2.12. The molecule has 0 aromatic heterocycles. The zero-order valence-electron chi connectivity index (χ0n) is 10.8. The van der Waals surface area contributed by atoms with E-state index in [2.05, 4.69) is 19.2 Å². The number of nitrogens with two attached hydrogens (primary N) is 1. The standard InChI is InChI=1S/C14H19FN2O/c1-9(2)8-17-14(13(16)18)6-5-10-7-11(15)3-4-12(10)14/h3-4,7,9,17H,5-6,8H2,1-2H3,(H2,16,18). The zero-order chi connectivity index (χ0) is 13.3. The highest BCUT2D eigenvalue weighted by molar-refractivity contribution is 5.87. The van der Waals surface area contributed by atoms with Crippen molar-refractivity contribution in [2.45, 2.75) is 32.2 Å². The predicted octanol–water partition coefficient (Wildman–Crippen LogP) is 1.70. The van der Waals surface area contributed by atoms with Crippen LogP contribution >= 0.6 is 0 Å². The Morgan fingerprint density at radius 2 is 2.28 bits per heavy atom. The summed E-state index contributed by atoms with van der Waals surface area (Å²) in [4.78, 5) is 11.8. The maximum absolute atomic E-state index is 13.2. The van der Waals surface area contributed by atoms with E-state index in [-0.39, 0.29) is 11.7 Å². The number of carbonyl (C=O) groups is 1. The van der Waals surface area contributed by atoms with E-state index < -0.39 is 5.54 Å². The number of fused-ring (bicyclic) bond motifs is 1. The van der Waals surface area contributed by atoms with Gasteiger partial charge in [-0.2, -0.15) is 0 Å². The monoisotopic (exact) mass is 250 g/mol. The highest BCUT2D eigenvalue weighted by Crippen LogP contribution is 2.37. The number of aryl methyl sites for hydroxylation is 1. The molecule has 0 aliphatic heterocycles. The van der Waals surface area contributed by atoms with Crippen molar-refractivity contribution < 1.29 is 9.18 Å². The van der Waals surface area contributed by atoms with Crippen molar-refractivity contribution in [3.8, 4) is 0 Å². The number of hydrogen-bond acceptors (Lipinski definition) is 2. The van der Waals surface area contributed by atoms with Gasteiger partial charge in [0.1, 0.15) is 11.4 Å². The van der Waals surface area contributed by atoms with Gasteiger partial charge in [-0.1, -0.05) is 19.9 Å². The van der Waals surface area contributed by atoms with Crippen LogP contribution in [0.25, 0.3) is 0 Å². The van der Waals surface area contributed by atoms with Crippen molar-refractivity contribution in [1.29, 1.82) is 0 Å². The van der Waals surface area contributed by atoms with E-state index in [0.717, 1.165) is 11.1 Å². The van der Waals surface area contributed by atoms with E-state index in [0.29, 0.717) is 25.3 Å². The van der Waals surface area contributed by atoms with E-state index in [1.54, 1.807) is 6.07 Å². The Hall–Kier alpha value is -1.42. The second kappa shape index (κ2) is 4.69. The first-order valence-corrected chi connectivity index (χ1v) is 6.29. The fourth-order valence-corrected chi connectivity index (χ4v) is 2.55. The first kappa shape index (κ1) is 13.0. The average Bonchev–Trinajstić information content (AvgIpc) is 2.65. The number of halogens is 1. The van der Waals surface area contributed by atoms with Crippen molar-refractivity contribution in [3.05, 3.63) is 35.1 Å². The highest BCUT2D eigenvalue weighted by Gasteiger charge is 2.43. The molecular weight excluding hydrogens is 231 g/mol. The van der Waals surface area contributed by atoms with E-state index in [9.17, 15) is 9.18 Å². The molecular formula is C14H19FN2O. The van der Waals surface area contributed by atoms with Gasteiger partial charge < -0.3 is 5.73 Å². The topological polar surface area (TPSA) is 55.1 Å². The van der Waals surface area contributed by atoms with E-state index in [1.165, 1.54) is 12.1 Å². The minimum atomic E-state index is -0.826. The lowest BCUT2D eigenvalue weighted by atomic mass is 9.90. The Kier molecular flexibility index (Phi) is 3.39. The molecule has 0 spiro atoms. The molecule has 98 valence electrons. The molecule has 0 radical (unpaired) electrons. The van der Waals surface area contributed by atoms with Gasteiger partial charge in [-0.15, -0.1) is 0 Å². The first-order chi connectivity index (χ1) is 8.45. The molecule has 4 heteroatoms. The van der Waals surface area contributed by atoms with Crippen LogP contribution in [0.5, 0.6) is 0 Å². The van der Waals surface area contributed by atoms with Gasteiger partial charge >= 0.3 is 0 Å². The van der Waals surface area contributed by atoms with Crippen molar-refractivity contribution >= 4 is 5.91 Å². The van der Waals surface area contributed by atoms with E-state index in [1.807, 2.05) is 0 Å². The van der Waals surface area contributed by atoms with Crippen LogP contribution in [0.4, 0.5) is 4.39 Å². The number of carbonyl (C=O) groups excluding carboxylic acids is 1. The minimum Gasteiger partial charge on any atom is -0.368 e. The molecule has 1 amide bonds. The Morgan fingerprint density at radius 3 is 2.89 bits per heavy atom. The molecule has 3 nitrogen and oxygen atoms in total. The van der Waals surface area contributed by atoms with Crippen LogP contribution < -0.4 is 11.1 Å². The van der Waals surface area contributed by atoms with Gasteiger partial charge in [0.05, 0.1) is 0 Å². The van der Waals surface area contributed by atoms with Crippen molar-refractivity contribution in [2.24, 2.45) is 11.7 Å². The zero-order valence-corrected chi connectivity index (χ0v) is 10.8. The van der Waals surface area contributed by atoms with Crippen LogP contribution in [0.2, 0.25) is 0 Å². The number of rotatable bonds is 4. The molecule has 1 aliphatic rings. The lowest BCUT2D eigenvalue weighted by Gasteiger charge is -2.29. The number of benzene rings is 1. The minimum absolute atomic E-state index is 0.266. The van der Waals surface area contributed by atoms with Crippen LogP contribution in [0.3, 0.4) is 0 Å². The van der Waals surface area contributed by atoms with Gasteiger partial charge in [-0.25, -0.2) is 4.39 Å². The van der Waals surface area contributed by atoms with Gasteiger partial charge in [0.25, 0.3) is 0 Å². The summed E-state index contributed by atoms with van der Waals surface area (Å²) in [5.41, 5.74) is 6.46. The summed E-state index contributed by atoms with van der Waals surface area (Å²) < 4.78 is 13.2. The quantitative estimate of drug-likeness (QED) is 0.854. The maximum atomic E-state index is 13.2. The summed E-state index contributed by atoms with van der Waals surface area (Å²) in [6.45, 7) is 4.85. The van der Waals surface area contributed by atoms with Crippen molar-refractivity contribution in [1.82, 2.24) is 5.32 Å². The van der Waals surface area contributed by atoms with Crippen LogP contribution in [0.1, 0.15) is 31.4 Å². The first-order valence-electron chi connectivity index (χ1n) is 6.29. The van der Waals surface area contributed by atoms with E-state index in [4.69, 9.17) is 5.73 Å². The summed E-state index contributed by atoms with van der Waals surface area (Å²) in [5.74, 6) is -0.225. The summed E-state index contributed by atoms with van der Waals surface area (Å²) in [6.07, 6.45) is 1.29. The summed E-state index contributed by atoms with van der Waals surface area (Å²) in [5, 5.41) is 3.27. The molecule has 2 rings (SSSR count). The van der Waals surface area contributed by atoms with Crippen molar-refractivity contribution in [3.63, 3.8) is 0 Å². The average molecular weight is 250 g/mol. The molecule has 1 atom stereocenters. The normalized spacial score (nSPS) is 22.2. The number of nitrogens with one attached hydrogen (secondary N) is 1. The van der Waals surface area contributed by atoms with Gasteiger partial charge in [-0.05, 0) is 48.6 Å². The van der Waals surface area contributed by atoms with Crippen molar-refractivity contribution in [2.75, 3.05) is 6.54 Å². The Morgan fingerprint density at radius 1 is 1.56 bits per heavy atom.